The quantitative estimate of drug-likeness (QED) is 0.848. The number of amides is 1. The molecule has 0 saturated heterocycles. The molecule has 1 heterocycles. The molecule has 1 fully saturated rings. The number of hydrogen-bond acceptors (Lipinski definition) is 4. The van der Waals surface area contributed by atoms with Gasteiger partial charge in [-0.15, -0.1) is 11.3 Å². The van der Waals surface area contributed by atoms with Gasteiger partial charge in [0.2, 0.25) is 5.91 Å². The van der Waals surface area contributed by atoms with E-state index >= 15 is 0 Å². The predicted molar refractivity (Wildman–Crippen MR) is 82.7 cm³/mol. The minimum atomic E-state index is 0.0484. The first-order chi connectivity index (χ1) is 9.65. The van der Waals surface area contributed by atoms with E-state index in [4.69, 9.17) is 5.73 Å². The molecule has 3 N–H and O–H groups in total. The number of carbonyl (C=O) groups excluding carboxylic acids is 1. The van der Waals surface area contributed by atoms with Gasteiger partial charge in [0, 0.05) is 30.5 Å². The van der Waals surface area contributed by atoms with Crippen molar-refractivity contribution in [2.24, 2.45) is 11.1 Å². The number of nitrogens with two attached hydrogens (primary N) is 1. The first kappa shape index (κ1) is 15.4. The van der Waals surface area contributed by atoms with E-state index in [1.54, 1.807) is 11.3 Å². The lowest BCUT2D eigenvalue weighted by Gasteiger charge is -2.35. The van der Waals surface area contributed by atoms with Gasteiger partial charge in [0.1, 0.15) is 0 Å². The average molecular weight is 295 g/mol. The second-order valence-corrected chi connectivity index (χ2v) is 6.94. The second kappa shape index (κ2) is 7.18. The molecule has 1 unspecified atom stereocenters. The highest BCUT2D eigenvalue weighted by Crippen LogP contribution is 2.38. The number of carbonyl (C=O) groups is 1. The molecule has 5 heteroatoms. The van der Waals surface area contributed by atoms with Crippen LogP contribution < -0.4 is 11.1 Å². The molecular formula is C15H25N3OS. The van der Waals surface area contributed by atoms with E-state index in [9.17, 15) is 4.79 Å². The number of hydrogen-bond donors (Lipinski definition) is 2. The van der Waals surface area contributed by atoms with Crippen LogP contribution in [0.5, 0.6) is 0 Å². The minimum absolute atomic E-state index is 0.0484. The summed E-state index contributed by atoms with van der Waals surface area (Å²) in [6.07, 6.45) is 8.28. The number of thiazole rings is 1. The van der Waals surface area contributed by atoms with E-state index in [2.05, 4.69) is 17.2 Å². The zero-order valence-electron chi connectivity index (χ0n) is 12.2. The molecule has 1 aliphatic carbocycles. The molecule has 0 spiro atoms. The Morgan fingerprint density at radius 3 is 2.85 bits per heavy atom. The molecule has 1 atom stereocenters. The third-order valence-electron chi connectivity index (χ3n) is 4.36. The van der Waals surface area contributed by atoms with Gasteiger partial charge in [-0.25, -0.2) is 4.98 Å². The molecule has 1 aromatic heterocycles. The molecule has 112 valence electrons. The van der Waals surface area contributed by atoms with Gasteiger partial charge >= 0.3 is 0 Å². The van der Waals surface area contributed by atoms with Gasteiger partial charge in [-0.2, -0.15) is 0 Å². The molecule has 1 aromatic rings. The van der Waals surface area contributed by atoms with Gasteiger partial charge in [0.05, 0.1) is 5.01 Å². The Morgan fingerprint density at radius 1 is 1.50 bits per heavy atom. The Kier molecular flexibility index (Phi) is 5.54. The van der Waals surface area contributed by atoms with E-state index in [0.29, 0.717) is 19.5 Å². The van der Waals surface area contributed by atoms with Crippen molar-refractivity contribution in [1.29, 1.82) is 0 Å². The number of nitrogens with one attached hydrogen (secondary N) is 1. The van der Waals surface area contributed by atoms with Crippen LogP contribution in [0, 0.1) is 5.41 Å². The van der Waals surface area contributed by atoms with Crippen LogP contribution in [0.15, 0.2) is 11.6 Å². The lowest BCUT2D eigenvalue weighted by Crippen LogP contribution is -2.39. The van der Waals surface area contributed by atoms with Crippen molar-refractivity contribution in [1.82, 2.24) is 10.3 Å². The highest BCUT2D eigenvalue weighted by atomic mass is 32.1. The first-order valence-electron chi connectivity index (χ1n) is 7.51. The van der Waals surface area contributed by atoms with Crippen molar-refractivity contribution < 1.29 is 4.79 Å². The Morgan fingerprint density at radius 2 is 2.25 bits per heavy atom. The zero-order valence-corrected chi connectivity index (χ0v) is 13.0. The molecule has 0 aliphatic heterocycles. The summed E-state index contributed by atoms with van der Waals surface area (Å²) in [5.41, 5.74) is 5.98. The van der Waals surface area contributed by atoms with Crippen LogP contribution in [-0.2, 0) is 4.79 Å². The van der Waals surface area contributed by atoms with Gasteiger partial charge in [-0.05, 0) is 24.8 Å². The van der Waals surface area contributed by atoms with Crippen LogP contribution in [-0.4, -0.2) is 24.0 Å². The molecular weight excluding hydrogens is 270 g/mol. The van der Waals surface area contributed by atoms with Crippen molar-refractivity contribution in [3.63, 3.8) is 0 Å². The van der Waals surface area contributed by atoms with Crippen LogP contribution in [0.1, 0.15) is 56.4 Å². The number of rotatable bonds is 6. The van der Waals surface area contributed by atoms with E-state index in [-0.39, 0.29) is 17.2 Å². The standard InChI is InChI=1S/C15H25N3OS/c1-12(14-17-7-8-20-14)10-18-13(19)9-15(11-16)5-3-2-4-6-15/h7-8,12H,2-6,9-11,16H2,1H3,(H,18,19). The summed E-state index contributed by atoms with van der Waals surface area (Å²) in [4.78, 5) is 16.5. The maximum absolute atomic E-state index is 12.2. The second-order valence-electron chi connectivity index (χ2n) is 6.02. The van der Waals surface area contributed by atoms with Crippen molar-refractivity contribution in [2.45, 2.75) is 51.4 Å². The number of aromatic nitrogens is 1. The van der Waals surface area contributed by atoms with E-state index in [1.807, 2.05) is 11.6 Å². The molecule has 1 aliphatic rings. The summed E-state index contributed by atoms with van der Waals surface area (Å²) in [6.45, 7) is 3.38. The van der Waals surface area contributed by atoms with Gasteiger partial charge in [-0.3, -0.25) is 4.79 Å². The highest BCUT2D eigenvalue weighted by molar-refractivity contribution is 7.09. The molecule has 0 bridgehead atoms. The normalized spacial score (nSPS) is 19.5. The summed E-state index contributed by atoms with van der Waals surface area (Å²) in [7, 11) is 0. The molecule has 0 aromatic carbocycles. The largest absolute Gasteiger partial charge is 0.355 e. The summed E-state index contributed by atoms with van der Waals surface area (Å²) >= 11 is 1.64. The Labute approximate surface area is 125 Å². The minimum Gasteiger partial charge on any atom is -0.355 e. The molecule has 1 saturated carbocycles. The summed E-state index contributed by atoms with van der Waals surface area (Å²) in [5, 5.41) is 6.10. The highest BCUT2D eigenvalue weighted by Gasteiger charge is 2.32. The predicted octanol–water partition coefficient (Wildman–Crippen LogP) is 2.66. The monoisotopic (exact) mass is 295 g/mol. The van der Waals surface area contributed by atoms with Gasteiger partial charge < -0.3 is 11.1 Å². The van der Waals surface area contributed by atoms with Crippen LogP contribution in [0.25, 0.3) is 0 Å². The summed E-state index contributed by atoms with van der Waals surface area (Å²) < 4.78 is 0. The van der Waals surface area contributed by atoms with Gasteiger partial charge in [0.15, 0.2) is 0 Å². The Bertz CT molecular complexity index is 413. The molecule has 20 heavy (non-hydrogen) atoms. The zero-order chi connectivity index (χ0) is 14.4. The Balaban J connectivity index is 1.79. The third-order valence-corrected chi connectivity index (χ3v) is 5.37. The lowest BCUT2D eigenvalue weighted by atomic mass is 9.71. The molecule has 2 rings (SSSR count). The van der Waals surface area contributed by atoms with E-state index in [0.717, 1.165) is 17.8 Å². The van der Waals surface area contributed by atoms with Crippen LogP contribution in [0.3, 0.4) is 0 Å². The number of nitrogens with zero attached hydrogens (tertiary/aromatic N) is 1. The first-order valence-corrected chi connectivity index (χ1v) is 8.39. The lowest BCUT2D eigenvalue weighted by molar-refractivity contribution is -0.123. The van der Waals surface area contributed by atoms with Crippen LogP contribution >= 0.6 is 11.3 Å². The van der Waals surface area contributed by atoms with Crippen molar-refractivity contribution >= 4 is 17.2 Å². The topological polar surface area (TPSA) is 68.0 Å². The van der Waals surface area contributed by atoms with Crippen LogP contribution in [0.4, 0.5) is 0 Å². The maximum Gasteiger partial charge on any atom is 0.220 e. The van der Waals surface area contributed by atoms with Gasteiger partial charge in [-0.1, -0.05) is 26.2 Å². The molecule has 4 nitrogen and oxygen atoms in total. The molecule has 0 radical (unpaired) electrons. The maximum atomic E-state index is 12.2. The summed E-state index contributed by atoms with van der Waals surface area (Å²) in [6, 6.07) is 0. The fourth-order valence-electron chi connectivity index (χ4n) is 2.99. The van der Waals surface area contributed by atoms with E-state index in [1.165, 1.54) is 19.3 Å². The van der Waals surface area contributed by atoms with Crippen molar-refractivity contribution in [3.05, 3.63) is 16.6 Å². The van der Waals surface area contributed by atoms with Crippen LogP contribution in [0.2, 0.25) is 0 Å². The van der Waals surface area contributed by atoms with Gasteiger partial charge in [0.25, 0.3) is 0 Å². The SMILES string of the molecule is CC(CNC(=O)CC1(CN)CCCCC1)c1nccs1. The third kappa shape index (κ3) is 4.03. The smallest absolute Gasteiger partial charge is 0.220 e. The average Bonchev–Trinajstić information content (AvgIpc) is 3.00. The van der Waals surface area contributed by atoms with Crippen molar-refractivity contribution in [3.8, 4) is 0 Å². The van der Waals surface area contributed by atoms with E-state index < -0.39 is 0 Å². The molecule has 1 amide bonds. The fourth-order valence-corrected chi connectivity index (χ4v) is 3.69. The Hall–Kier alpha value is -0.940. The van der Waals surface area contributed by atoms with Crippen molar-refractivity contribution in [2.75, 3.05) is 13.1 Å². The summed E-state index contributed by atoms with van der Waals surface area (Å²) in [5.74, 6) is 0.417. The fraction of sp³-hybridized carbons (Fsp3) is 0.733.